The van der Waals surface area contributed by atoms with E-state index in [1.54, 1.807) is 4.90 Å². The van der Waals surface area contributed by atoms with Crippen LogP contribution in [0.3, 0.4) is 0 Å². The highest BCUT2D eigenvalue weighted by molar-refractivity contribution is 5.94. The molecule has 0 saturated heterocycles. The molecule has 134 valence electrons. The van der Waals surface area contributed by atoms with Crippen molar-refractivity contribution in [1.29, 1.82) is 0 Å². The zero-order valence-corrected chi connectivity index (χ0v) is 14.7. The standard InChI is InChI=1S/C20H25NO4/c1-3-21(4-2)20(24)16-11-9-15(10-12-16)18-7-5-6-8-19(18)25-14-17(23)13-22/h5-12,17,22-23H,3-4,13-14H2,1-2H3. The summed E-state index contributed by atoms with van der Waals surface area (Å²) in [6.45, 7) is 4.96. The van der Waals surface area contributed by atoms with Gasteiger partial charge in [-0.2, -0.15) is 0 Å². The molecule has 0 bridgehead atoms. The molecule has 0 saturated carbocycles. The molecule has 0 aromatic heterocycles. The molecular formula is C20H25NO4. The minimum atomic E-state index is -0.915. The maximum atomic E-state index is 12.4. The van der Waals surface area contributed by atoms with Crippen molar-refractivity contribution in [3.05, 3.63) is 54.1 Å². The molecule has 0 heterocycles. The Morgan fingerprint density at radius 2 is 1.72 bits per heavy atom. The maximum Gasteiger partial charge on any atom is 0.253 e. The lowest BCUT2D eigenvalue weighted by Gasteiger charge is -2.19. The van der Waals surface area contributed by atoms with Crippen molar-refractivity contribution in [3.63, 3.8) is 0 Å². The molecule has 2 aromatic rings. The first kappa shape index (κ1) is 19.0. The van der Waals surface area contributed by atoms with Crippen LogP contribution < -0.4 is 4.74 Å². The third-order valence-electron chi connectivity index (χ3n) is 4.02. The summed E-state index contributed by atoms with van der Waals surface area (Å²) in [6.07, 6.45) is -0.915. The number of carbonyl (C=O) groups is 1. The number of amides is 1. The predicted molar refractivity (Wildman–Crippen MR) is 97.7 cm³/mol. The number of nitrogens with zero attached hydrogens (tertiary/aromatic N) is 1. The van der Waals surface area contributed by atoms with Crippen LogP contribution in [0.15, 0.2) is 48.5 Å². The molecule has 25 heavy (non-hydrogen) atoms. The van der Waals surface area contributed by atoms with Gasteiger partial charge in [0.05, 0.1) is 6.61 Å². The van der Waals surface area contributed by atoms with E-state index in [0.717, 1.165) is 11.1 Å². The Kier molecular flexibility index (Phi) is 6.98. The molecule has 1 amide bonds. The minimum absolute atomic E-state index is 0.0199. The van der Waals surface area contributed by atoms with E-state index >= 15 is 0 Å². The van der Waals surface area contributed by atoms with Crippen LogP contribution in [0, 0.1) is 0 Å². The highest BCUT2D eigenvalue weighted by Gasteiger charge is 2.13. The van der Waals surface area contributed by atoms with E-state index in [1.807, 2.05) is 62.4 Å². The zero-order chi connectivity index (χ0) is 18.2. The first-order valence-electron chi connectivity index (χ1n) is 8.51. The van der Waals surface area contributed by atoms with E-state index in [2.05, 4.69) is 0 Å². The van der Waals surface area contributed by atoms with Gasteiger partial charge in [-0.1, -0.05) is 30.3 Å². The molecular weight excluding hydrogens is 318 g/mol. The van der Waals surface area contributed by atoms with E-state index in [-0.39, 0.29) is 19.1 Å². The lowest BCUT2D eigenvalue weighted by atomic mass is 10.0. The van der Waals surface area contributed by atoms with Gasteiger partial charge in [-0.15, -0.1) is 0 Å². The van der Waals surface area contributed by atoms with Gasteiger partial charge in [0.2, 0.25) is 0 Å². The van der Waals surface area contributed by atoms with Gasteiger partial charge in [-0.3, -0.25) is 4.79 Å². The van der Waals surface area contributed by atoms with E-state index in [4.69, 9.17) is 9.84 Å². The number of rotatable bonds is 8. The van der Waals surface area contributed by atoms with Gasteiger partial charge in [-0.25, -0.2) is 0 Å². The van der Waals surface area contributed by atoms with Crippen molar-refractivity contribution in [1.82, 2.24) is 4.90 Å². The summed E-state index contributed by atoms with van der Waals surface area (Å²) in [4.78, 5) is 14.2. The second-order valence-corrected chi connectivity index (χ2v) is 5.70. The van der Waals surface area contributed by atoms with Crippen molar-refractivity contribution in [3.8, 4) is 16.9 Å². The van der Waals surface area contributed by atoms with E-state index in [0.29, 0.717) is 24.4 Å². The number of carbonyl (C=O) groups excluding carboxylic acids is 1. The molecule has 2 aromatic carbocycles. The van der Waals surface area contributed by atoms with Gasteiger partial charge in [0, 0.05) is 24.2 Å². The Morgan fingerprint density at radius 3 is 2.32 bits per heavy atom. The summed E-state index contributed by atoms with van der Waals surface area (Å²) in [7, 11) is 0. The van der Waals surface area contributed by atoms with Crippen LogP contribution in [0.5, 0.6) is 5.75 Å². The number of hydrogen-bond acceptors (Lipinski definition) is 4. The summed E-state index contributed by atoms with van der Waals surface area (Å²) in [6, 6.07) is 14.9. The van der Waals surface area contributed by atoms with Crippen LogP contribution in [0.1, 0.15) is 24.2 Å². The van der Waals surface area contributed by atoms with Crippen molar-refractivity contribution in [2.45, 2.75) is 20.0 Å². The number of aliphatic hydroxyl groups is 2. The molecule has 5 heteroatoms. The molecule has 0 aliphatic heterocycles. The third kappa shape index (κ3) is 4.81. The van der Waals surface area contributed by atoms with Crippen molar-refractivity contribution < 1.29 is 19.7 Å². The van der Waals surface area contributed by atoms with E-state index in [9.17, 15) is 9.90 Å². The van der Waals surface area contributed by atoms with Crippen molar-refractivity contribution in [2.75, 3.05) is 26.3 Å². The molecule has 0 aliphatic carbocycles. The first-order valence-corrected chi connectivity index (χ1v) is 8.51. The number of aliphatic hydroxyl groups excluding tert-OH is 2. The highest BCUT2D eigenvalue weighted by Crippen LogP contribution is 2.30. The number of hydrogen-bond donors (Lipinski definition) is 2. The SMILES string of the molecule is CCN(CC)C(=O)c1ccc(-c2ccccc2OCC(O)CO)cc1. The fourth-order valence-corrected chi connectivity index (χ4v) is 2.56. The van der Waals surface area contributed by atoms with E-state index in [1.165, 1.54) is 0 Å². The van der Waals surface area contributed by atoms with Gasteiger partial charge >= 0.3 is 0 Å². The lowest BCUT2D eigenvalue weighted by molar-refractivity contribution is 0.0538. The predicted octanol–water partition coefficient (Wildman–Crippen LogP) is 2.57. The number of ether oxygens (including phenoxy) is 1. The van der Waals surface area contributed by atoms with Crippen LogP contribution in [0.4, 0.5) is 0 Å². The normalized spacial score (nSPS) is 11.8. The number of para-hydroxylation sites is 1. The average molecular weight is 343 g/mol. The molecule has 0 fully saturated rings. The third-order valence-corrected chi connectivity index (χ3v) is 4.02. The quantitative estimate of drug-likeness (QED) is 0.773. The van der Waals surface area contributed by atoms with Crippen LogP contribution in [-0.4, -0.2) is 53.4 Å². The van der Waals surface area contributed by atoms with Gasteiger partial charge in [0.1, 0.15) is 18.5 Å². The van der Waals surface area contributed by atoms with Crippen LogP contribution in [-0.2, 0) is 0 Å². The van der Waals surface area contributed by atoms with Crippen LogP contribution in [0.2, 0.25) is 0 Å². The Balaban J connectivity index is 2.21. The minimum Gasteiger partial charge on any atom is -0.490 e. The fourth-order valence-electron chi connectivity index (χ4n) is 2.56. The smallest absolute Gasteiger partial charge is 0.253 e. The molecule has 0 spiro atoms. The Labute approximate surface area is 148 Å². The molecule has 2 N–H and O–H groups in total. The maximum absolute atomic E-state index is 12.4. The Bertz CT molecular complexity index is 680. The molecule has 0 aliphatic rings. The highest BCUT2D eigenvalue weighted by atomic mass is 16.5. The second-order valence-electron chi connectivity index (χ2n) is 5.70. The topological polar surface area (TPSA) is 70.0 Å². The van der Waals surface area contributed by atoms with Gasteiger partial charge in [-0.05, 0) is 37.6 Å². The molecule has 1 atom stereocenters. The van der Waals surface area contributed by atoms with Gasteiger partial charge < -0.3 is 19.8 Å². The van der Waals surface area contributed by atoms with Crippen molar-refractivity contribution in [2.24, 2.45) is 0 Å². The summed E-state index contributed by atoms with van der Waals surface area (Å²) < 4.78 is 5.61. The summed E-state index contributed by atoms with van der Waals surface area (Å²) in [5.41, 5.74) is 2.45. The van der Waals surface area contributed by atoms with Crippen LogP contribution in [0.25, 0.3) is 11.1 Å². The van der Waals surface area contributed by atoms with E-state index < -0.39 is 6.10 Å². The summed E-state index contributed by atoms with van der Waals surface area (Å²) in [5.74, 6) is 0.643. The fraction of sp³-hybridized carbons (Fsp3) is 0.350. The summed E-state index contributed by atoms with van der Waals surface area (Å²) in [5, 5.41) is 18.4. The van der Waals surface area contributed by atoms with Gasteiger partial charge in [0.25, 0.3) is 5.91 Å². The number of benzene rings is 2. The zero-order valence-electron chi connectivity index (χ0n) is 14.7. The monoisotopic (exact) mass is 343 g/mol. The van der Waals surface area contributed by atoms with Crippen LogP contribution >= 0.6 is 0 Å². The second kappa shape index (κ2) is 9.20. The van der Waals surface area contributed by atoms with Crippen molar-refractivity contribution >= 4 is 5.91 Å². The molecule has 0 radical (unpaired) electrons. The average Bonchev–Trinajstić information content (AvgIpc) is 2.67. The first-order chi connectivity index (χ1) is 12.1. The Morgan fingerprint density at radius 1 is 1.08 bits per heavy atom. The largest absolute Gasteiger partial charge is 0.490 e. The summed E-state index contributed by atoms with van der Waals surface area (Å²) >= 11 is 0. The van der Waals surface area contributed by atoms with Gasteiger partial charge in [0.15, 0.2) is 0 Å². The Hall–Kier alpha value is -2.37. The molecule has 5 nitrogen and oxygen atoms in total. The molecule has 1 unspecified atom stereocenters. The lowest BCUT2D eigenvalue weighted by Crippen LogP contribution is -2.30. The molecule has 2 rings (SSSR count).